The lowest BCUT2D eigenvalue weighted by Gasteiger charge is -2.51. The number of allylic oxidation sites excluding steroid dienone is 2. The Morgan fingerprint density at radius 1 is 1.24 bits per heavy atom. The highest BCUT2D eigenvalue weighted by atomic mass is 16.6. The standard InChI is InChI=1S/C23H31NO5/c1-11-5-6-14-16(13(3)12(2)10-22(14,4)9-11)18(25)17-19-23(28)15(21(27)29-19)7-8-24(23)20(17)26/h10-11,13-17,19,28H,5-9H2,1-4H3/t11-,13+,14+,15+,16-,17+,19+,22-,23-/m1/s1. The van der Waals surface area contributed by atoms with E-state index in [-0.39, 0.29) is 34.9 Å². The first-order valence-corrected chi connectivity index (χ1v) is 11.1. The second kappa shape index (κ2) is 5.93. The number of ketones is 1. The van der Waals surface area contributed by atoms with Gasteiger partial charge in [-0.2, -0.15) is 0 Å². The van der Waals surface area contributed by atoms with E-state index in [4.69, 9.17) is 4.74 Å². The van der Waals surface area contributed by atoms with Crippen molar-refractivity contribution in [3.05, 3.63) is 11.6 Å². The predicted molar refractivity (Wildman–Crippen MR) is 104 cm³/mol. The van der Waals surface area contributed by atoms with Gasteiger partial charge in [0.15, 0.2) is 17.6 Å². The topological polar surface area (TPSA) is 83.9 Å². The molecule has 9 atom stereocenters. The number of fused-ring (bicyclic) bond motifs is 1. The summed E-state index contributed by atoms with van der Waals surface area (Å²) in [6.07, 6.45) is 4.78. The molecule has 6 heteroatoms. The molecular weight excluding hydrogens is 370 g/mol. The fourth-order valence-corrected chi connectivity index (χ4v) is 7.43. The number of esters is 1. The zero-order valence-corrected chi connectivity index (χ0v) is 17.7. The van der Waals surface area contributed by atoms with Crippen molar-refractivity contribution in [3.63, 3.8) is 0 Å². The van der Waals surface area contributed by atoms with Gasteiger partial charge >= 0.3 is 5.97 Å². The van der Waals surface area contributed by atoms with E-state index in [0.29, 0.717) is 18.9 Å². The van der Waals surface area contributed by atoms with E-state index in [1.807, 2.05) is 0 Å². The first-order chi connectivity index (χ1) is 13.6. The largest absolute Gasteiger partial charge is 0.455 e. The second-order valence-corrected chi connectivity index (χ2v) is 10.6. The molecule has 1 saturated carbocycles. The molecule has 5 rings (SSSR count). The summed E-state index contributed by atoms with van der Waals surface area (Å²) in [5.41, 5.74) is -0.498. The summed E-state index contributed by atoms with van der Waals surface area (Å²) in [5.74, 6) is -2.22. The Bertz CT molecular complexity index is 835. The minimum Gasteiger partial charge on any atom is -0.455 e. The van der Waals surface area contributed by atoms with Gasteiger partial charge < -0.3 is 14.7 Å². The molecule has 0 bridgehead atoms. The maximum Gasteiger partial charge on any atom is 0.314 e. The fraction of sp³-hybridized carbons (Fsp3) is 0.783. The Kier molecular flexibility index (Phi) is 3.94. The summed E-state index contributed by atoms with van der Waals surface area (Å²) in [7, 11) is 0. The van der Waals surface area contributed by atoms with Gasteiger partial charge in [0.05, 0.1) is 0 Å². The average Bonchev–Trinajstić information content (AvgIpc) is 3.18. The molecule has 0 radical (unpaired) electrons. The molecule has 2 aliphatic carbocycles. The van der Waals surface area contributed by atoms with Crippen LogP contribution in [0.25, 0.3) is 0 Å². The second-order valence-electron chi connectivity index (χ2n) is 10.6. The highest BCUT2D eigenvalue weighted by Gasteiger charge is 2.74. The molecule has 29 heavy (non-hydrogen) atoms. The first kappa shape index (κ1) is 19.3. The van der Waals surface area contributed by atoms with Crippen molar-refractivity contribution in [2.75, 3.05) is 6.54 Å². The Labute approximate surface area is 171 Å². The van der Waals surface area contributed by atoms with Crippen LogP contribution in [-0.4, -0.2) is 46.0 Å². The molecule has 0 aromatic carbocycles. The molecule has 6 nitrogen and oxygen atoms in total. The molecule has 5 aliphatic rings. The molecule has 3 heterocycles. The van der Waals surface area contributed by atoms with Crippen LogP contribution in [0.15, 0.2) is 11.6 Å². The van der Waals surface area contributed by atoms with Crippen molar-refractivity contribution in [3.8, 4) is 0 Å². The van der Waals surface area contributed by atoms with Crippen LogP contribution in [0, 0.1) is 40.9 Å². The molecule has 0 spiro atoms. The summed E-state index contributed by atoms with van der Waals surface area (Å²) in [6.45, 7) is 8.98. The van der Waals surface area contributed by atoms with E-state index >= 15 is 0 Å². The van der Waals surface area contributed by atoms with Gasteiger partial charge in [-0.1, -0.05) is 38.8 Å². The molecule has 0 aromatic rings. The molecule has 4 fully saturated rings. The molecule has 0 unspecified atom stereocenters. The smallest absolute Gasteiger partial charge is 0.314 e. The molecular formula is C23H31NO5. The van der Waals surface area contributed by atoms with Gasteiger partial charge in [-0.25, -0.2) is 0 Å². The van der Waals surface area contributed by atoms with Crippen molar-refractivity contribution in [1.29, 1.82) is 0 Å². The Balaban J connectivity index is 1.53. The van der Waals surface area contributed by atoms with Gasteiger partial charge in [0.1, 0.15) is 11.8 Å². The van der Waals surface area contributed by atoms with Crippen LogP contribution in [0.5, 0.6) is 0 Å². The summed E-state index contributed by atoms with van der Waals surface area (Å²) in [5, 5.41) is 11.2. The number of Topliss-reactive ketones (excluding diaryl/α,β-unsaturated/α-hetero) is 1. The van der Waals surface area contributed by atoms with E-state index < -0.39 is 29.6 Å². The number of nitrogens with zero attached hydrogens (tertiary/aromatic N) is 1. The van der Waals surface area contributed by atoms with Gasteiger partial charge in [-0.15, -0.1) is 0 Å². The SMILES string of the molecule is CC1=C[C@@]2(C)C[C@H](C)CC[C@H]2[C@H](C(=O)[C@@H]2C(=O)N3CC[C@H]4C(=O)O[C@@H]2[C@]43O)[C@H]1C. The Morgan fingerprint density at radius 3 is 2.69 bits per heavy atom. The number of hydrogen-bond donors (Lipinski definition) is 1. The predicted octanol–water partition coefficient (Wildman–Crippen LogP) is 2.30. The van der Waals surface area contributed by atoms with Gasteiger partial charge in [0.2, 0.25) is 5.91 Å². The highest BCUT2D eigenvalue weighted by Crippen LogP contribution is 2.57. The zero-order valence-electron chi connectivity index (χ0n) is 17.7. The summed E-state index contributed by atoms with van der Waals surface area (Å²) in [6, 6.07) is 0. The number of rotatable bonds is 2. The van der Waals surface area contributed by atoms with E-state index in [1.165, 1.54) is 10.5 Å². The van der Waals surface area contributed by atoms with E-state index in [0.717, 1.165) is 19.3 Å². The third kappa shape index (κ3) is 2.30. The molecule has 3 aliphatic heterocycles. The number of hydrogen-bond acceptors (Lipinski definition) is 5. The van der Waals surface area contributed by atoms with Gasteiger partial charge in [-0.3, -0.25) is 14.4 Å². The molecule has 1 amide bonds. The maximum absolute atomic E-state index is 13.9. The van der Waals surface area contributed by atoms with Crippen molar-refractivity contribution in [2.45, 2.75) is 65.2 Å². The lowest BCUT2D eigenvalue weighted by atomic mass is 9.52. The number of aliphatic hydroxyl groups is 1. The minimum atomic E-state index is -1.64. The van der Waals surface area contributed by atoms with Crippen molar-refractivity contribution in [2.24, 2.45) is 40.9 Å². The van der Waals surface area contributed by atoms with Crippen molar-refractivity contribution < 1.29 is 24.2 Å². The quantitative estimate of drug-likeness (QED) is 0.436. The Morgan fingerprint density at radius 2 is 1.97 bits per heavy atom. The van der Waals surface area contributed by atoms with Crippen LogP contribution in [0.1, 0.15) is 53.4 Å². The molecule has 1 N–H and O–H groups in total. The number of carbonyl (C=O) groups is 3. The summed E-state index contributed by atoms with van der Waals surface area (Å²) < 4.78 is 5.47. The van der Waals surface area contributed by atoms with Crippen LogP contribution >= 0.6 is 0 Å². The highest BCUT2D eigenvalue weighted by molar-refractivity contribution is 6.07. The van der Waals surface area contributed by atoms with Crippen LogP contribution in [0.3, 0.4) is 0 Å². The average molecular weight is 402 g/mol. The number of carbonyl (C=O) groups excluding carboxylic acids is 3. The van der Waals surface area contributed by atoms with Gasteiger partial charge in [0.25, 0.3) is 0 Å². The maximum atomic E-state index is 13.9. The number of amides is 1. The lowest BCUT2D eigenvalue weighted by molar-refractivity contribution is -0.151. The fourth-order valence-electron chi connectivity index (χ4n) is 7.43. The first-order valence-electron chi connectivity index (χ1n) is 11.1. The van der Waals surface area contributed by atoms with E-state index in [1.54, 1.807) is 0 Å². The normalized spacial score (nSPS) is 50.9. The molecule has 0 aromatic heterocycles. The van der Waals surface area contributed by atoms with Gasteiger partial charge in [-0.05, 0) is 49.4 Å². The van der Waals surface area contributed by atoms with Crippen LogP contribution < -0.4 is 0 Å². The molecule has 3 saturated heterocycles. The lowest BCUT2D eigenvalue weighted by Crippen LogP contribution is -2.50. The van der Waals surface area contributed by atoms with E-state index in [2.05, 4.69) is 33.8 Å². The van der Waals surface area contributed by atoms with Crippen molar-refractivity contribution >= 4 is 17.7 Å². The monoisotopic (exact) mass is 401 g/mol. The van der Waals surface area contributed by atoms with E-state index in [9.17, 15) is 19.5 Å². The van der Waals surface area contributed by atoms with Crippen LogP contribution in [0.2, 0.25) is 0 Å². The van der Waals surface area contributed by atoms with Crippen molar-refractivity contribution in [1.82, 2.24) is 4.90 Å². The number of ether oxygens (including phenoxy) is 1. The van der Waals surface area contributed by atoms with Crippen LogP contribution in [0.4, 0.5) is 0 Å². The summed E-state index contributed by atoms with van der Waals surface area (Å²) in [4.78, 5) is 40.8. The third-order valence-corrected chi connectivity index (χ3v) is 8.86. The Hall–Kier alpha value is -1.69. The van der Waals surface area contributed by atoms with Crippen LogP contribution in [-0.2, 0) is 19.1 Å². The zero-order chi connectivity index (χ0) is 20.9. The third-order valence-electron chi connectivity index (χ3n) is 8.86. The van der Waals surface area contributed by atoms with Gasteiger partial charge in [0, 0.05) is 12.5 Å². The summed E-state index contributed by atoms with van der Waals surface area (Å²) >= 11 is 0. The molecule has 158 valence electrons. The minimum absolute atomic E-state index is 0.0415.